The van der Waals surface area contributed by atoms with E-state index in [1.807, 2.05) is 39.7 Å². The van der Waals surface area contributed by atoms with Gasteiger partial charge in [0.2, 0.25) is 0 Å². The number of carbonyl (C=O) groups excluding carboxylic acids is 2. The molecule has 5 heterocycles. The number of hydrogen-bond donors (Lipinski definition) is 4. The number of nitrogen functional groups attached to an aromatic ring is 1. The van der Waals surface area contributed by atoms with Crippen LogP contribution >= 0.6 is 34.9 Å². The molecule has 6 N–H and O–H groups in total. The maximum Gasteiger partial charge on any atom is 0.352 e. The van der Waals surface area contributed by atoms with Crippen LogP contribution in [0, 0.1) is 0 Å². The molecule has 5 rings (SSSR count). The minimum absolute atomic E-state index is 0.0586. The summed E-state index contributed by atoms with van der Waals surface area (Å²) in [4.78, 5) is 48.9. The summed E-state index contributed by atoms with van der Waals surface area (Å²) in [5.74, 6) is -1.19. The number of nitrogens with zero attached hydrogens (tertiary/aromatic N) is 5. The van der Waals surface area contributed by atoms with Crippen molar-refractivity contribution >= 4 is 69.0 Å². The highest BCUT2D eigenvalue weighted by molar-refractivity contribution is 8.00. The van der Waals surface area contributed by atoms with E-state index in [0.29, 0.717) is 24.4 Å². The van der Waals surface area contributed by atoms with Crippen LogP contribution in [0.4, 0.5) is 5.13 Å². The molecule has 0 bridgehead atoms. The van der Waals surface area contributed by atoms with Crippen LogP contribution < -0.4 is 21.4 Å². The van der Waals surface area contributed by atoms with Crippen molar-refractivity contribution in [2.45, 2.75) is 29.9 Å². The molecule has 2 amide bonds. The van der Waals surface area contributed by atoms with Gasteiger partial charge in [0.15, 0.2) is 29.8 Å². The van der Waals surface area contributed by atoms with Crippen molar-refractivity contribution in [2.24, 2.45) is 10.9 Å². The number of thioether (sulfide) groups is 2. The molecule has 2 atom stereocenters. The predicted molar refractivity (Wildman–Crippen MR) is 152 cm³/mol. The number of β-lactam (4-membered cyclic amide) rings is 1. The zero-order chi connectivity index (χ0) is 28.4. The Morgan fingerprint density at radius 3 is 2.92 bits per heavy atom. The number of aromatic nitrogens is 3. The van der Waals surface area contributed by atoms with E-state index in [1.165, 1.54) is 16.7 Å². The van der Waals surface area contributed by atoms with Gasteiger partial charge in [-0.1, -0.05) is 5.16 Å². The smallest absolute Gasteiger partial charge is 0.352 e. The van der Waals surface area contributed by atoms with Crippen molar-refractivity contribution in [2.75, 3.05) is 30.4 Å². The van der Waals surface area contributed by atoms with E-state index in [-0.39, 0.29) is 28.8 Å². The molecule has 3 aromatic heterocycles. The van der Waals surface area contributed by atoms with Crippen molar-refractivity contribution in [3.63, 3.8) is 0 Å². The number of anilines is 1. The monoisotopic (exact) mass is 603 g/mol. The number of carboxylic acids is 1. The average Bonchev–Trinajstić information content (AvgIpc) is 3.55. The quantitative estimate of drug-likeness (QED) is 0.0792. The molecule has 2 aliphatic rings. The summed E-state index contributed by atoms with van der Waals surface area (Å²) in [5, 5.41) is 18.9. The largest absolute Gasteiger partial charge is 0.477 e. The fourth-order valence-electron chi connectivity index (χ4n) is 4.42. The molecule has 16 heteroatoms. The number of carbonyl (C=O) groups is 3. The third-order valence-corrected chi connectivity index (χ3v) is 9.24. The van der Waals surface area contributed by atoms with Crippen molar-refractivity contribution in [3.8, 4) is 0 Å². The summed E-state index contributed by atoms with van der Waals surface area (Å²) in [7, 11) is 0. The molecule has 13 nitrogen and oxygen atoms in total. The zero-order valence-electron chi connectivity index (χ0n) is 21.4. The Bertz CT molecular complexity index is 1530. The second kappa shape index (κ2) is 11.9. The normalized spacial score (nSPS) is 19.0. The molecule has 0 spiro atoms. The van der Waals surface area contributed by atoms with Gasteiger partial charge in [-0.15, -0.1) is 34.9 Å². The molecule has 1 saturated heterocycles. The van der Waals surface area contributed by atoms with Crippen LogP contribution in [0.5, 0.6) is 0 Å². The highest BCUT2D eigenvalue weighted by Gasteiger charge is 2.54. The van der Waals surface area contributed by atoms with Gasteiger partial charge in [0.25, 0.3) is 11.8 Å². The standard InChI is InChI=1S/C24H26N8O5S3/c1-2-37-29-17(15-12-40-24(26)27-15)20(33)28-18-21(34)32-19(23(35)36)13(11-39-22(18)32)9-30-6-7-31-14(10-30)3-4-16(31)38-8-5-25/h3-4,6-7,10,12,18,22H,2,5,8-9,11,25H2,1H3,(H3-,26,27,28,33,35,36)/p+1/t18-,22+/m1/s1. The summed E-state index contributed by atoms with van der Waals surface area (Å²) in [5.41, 5.74) is 12.9. The van der Waals surface area contributed by atoms with E-state index in [2.05, 4.69) is 15.5 Å². The van der Waals surface area contributed by atoms with Gasteiger partial charge in [-0.3, -0.25) is 14.5 Å². The zero-order valence-corrected chi connectivity index (χ0v) is 23.8. The van der Waals surface area contributed by atoms with E-state index in [1.54, 1.807) is 24.1 Å². The fourth-order valence-corrected chi connectivity index (χ4v) is 7.10. The maximum absolute atomic E-state index is 13.2. The van der Waals surface area contributed by atoms with Crippen LogP contribution in [-0.2, 0) is 25.8 Å². The van der Waals surface area contributed by atoms with Gasteiger partial charge in [0.1, 0.15) is 34.9 Å². The van der Waals surface area contributed by atoms with Crippen LogP contribution in [-0.4, -0.2) is 79.0 Å². The molecule has 0 saturated carbocycles. The van der Waals surface area contributed by atoms with E-state index in [9.17, 15) is 19.5 Å². The Morgan fingerprint density at radius 2 is 2.23 bits per heavy atom. The molecule has 0 aromatic carbocycles. The predicted octanol–water partition coefficient (Wildman–Crippen LogP) is 0.496. The molecule has 3 aromatic rings. The Hall–Kier alpha value is -3.60. The lowest BCUT2D eigenvalue weighted by atomic mass is 10.0. The first-order valence-corrected chi connectivity index (χ1v) is 15.2. The molecule has 1 fully saturated rings. The summed E-state index contributed by atoms with van der Waals surface area (Å²) >= 11 is 4.19. The Kier molecular flexibility index (Phi) is 8.30. The van der Waals surface area contributed by atoms with Crippen molar-refractivity contribution < 1.29 is 28.9 Å². The third kappa shape index (κ3) is 5.39. The summed E-state index contributed by atoms with van der Waals surface area (Å²) in [6, 6.07) is 3.08. The molecule has 40 heavy (non-hydrogen) atoms. The summed E-state index contributed by atoms with van der Waals surface area (Å²) < 4.78 is 3.94. The number of oxime groups is 1. The molecule has 2 aliphatic heterocycles. The molecule has 210 valence electrons. The first kappa shape index (κ1) is 27.9. The lowest BCUT2D eigenvalue weighted by Gasteiger charge is -2.49. The molecule has 0 aliphatic carbocycles. The van der Waals surface area contributed by atoms with Gasteiger partial charge in [-0.2, -0.15) is 4.57 Å². The molecule has 0 unspecified atom stereocenters. The number of amides is 2. The minimum Gasteiger partial charge on any atom is -0.477 e. The van der Waals surface area contributed by atoms with Crippen molar-refractivity contribution in [1.29, 1.82) is 0 Å². The molecule has 0 radical (unpaired) electrons. The lowest BCUT2D eigenvalue weighted by molar-refractivity contribution is -0.688. The van der Waals surface area contributed by atoms with Crippen LogP contribution in [0.3, 0.4) is 0 Å². The first-order chi connectivity index (χ1) is 19.3. The number of nitrogens with one attached hydrogen (secondary N) is 1. The van der Waals surface area contributed by atoms with Gasteiger partial charge >= 0.3 is 5.97 Å². The number of hydrogen-bond acceptors (Lipinski definition) is 11. The van der Waals surface area contributed by atoms with Crippen LogP contribution in [0.25, 0.3) is 5.52 Å². The lowest BCUT2D eigenvalue weighted by Crippen LogP contribution is -2.71. The highest BCUT2D eigenvalue weighted by Crippen LogP contribution is 2.40. The number of thiazole rings is 1. The summed E-state index contributed by atoms with van der Waals surface area (Å²) in [6.45, 7) is 2.82. The van der Waals surface area contributed by atoms with E-state index >= 15 is 0 Å². The number of carboxylic acid groups (broad SMARTS) is 1. The third-order valence-electron chi connectivity index (χ3n) is 6.16. The van der Waals surface area contributed by atoms with Gasteiger partial charge in [-0.25, -0.2) is 9.78 Å². The van der Waals surface area contributed by atoms with Crippen molar-refractivity contribution in [1.82, 2.24) is 19.6 Å². The summed E-state index contributed by atoms with van der Waals surface area (Å²) in [6.07, 6.45) is 5.72. The second-order valence-corrected chi connectivity index (χ2v) is 11.9. The maximum atomic E-state index is 13.2. The number of aliphatic carboxylic acids is 1. The Labute approximate surface area is 241 Å². The average molecular weight is 604 g/mol. The van der Waals surface area contributed by atoms with Gasteiger partial charge in [0.05, 0.1) is 11.2 Å². The minimum atomic E-state index is -1.19. The number of nitrogens with two attached hydrogens (primary N) is 2. The van der Waals surface area contributed by atoms with E-state index in [4.69, 9.17) is 16.3 Å². The van der Waals surface area contributed by atoms with Crippen LogP contribution in [0.15, 0.2) is 57.6 Å². The van der Waals surface area contributed by atoms with Gasteiger partial charge in [0, 0.05) is 29.0 Å². The molecular weight excluding hydrogens is 577 g/mol. The van der Waals surface area contributed by atoms with Gasteiger partial charge < -0.3 is 31.1 Å². The van der Waals surface area contributed by atoms with Crippen LogP contribution in [0.1, 0.15) is 12.6 Å². The number of rotatable bonds is 11. The molecular formula is C24H27N8O5S3+. The topological polar surface area (TPSA) is 182 Å². The van der Waals surface area contributed by atoms with Crippen molar-refractivity contribution in [3.05, 3.63) is 53.1 Å². The highest BCUT2D eigenvalue weighted by atomic mass is 32.2. The Morgan fingerprint density at radius 1 is 1.40 bits per heavy atom. The van der Waals surface area contributed by atoms with E-state index < -0.39 is 29.2 Å². The van der Waals surface area contributed by atoms with Crippen LogP contribution in [0.2, 0.25) is 0 Å². The fraction of sp³-hybridized carbons (Fsp3) is 0.333. The second-order valence-electron chi connectivity index (χ2n) is 8.75. The SMILES string of the molecule is CCON=C(C(=O)N[C@@H]1C(=O)N2C(C(=O)O)=C(C[n+]3ccn4c(SCCN)ccc4c3)CS[C@@H]12)c1csc(N)n1. The Balaban J connectivity index is 1.33. The first-order valence-electron chi connectivity index (χ1n) is 12.3. The van der Waals surface area contributed by atoms with E-state index in [0.717, 1.165) is 27.6 Å². The number of fused-ring (bicyclic) bond motifs is 2. The van der Waals surface area contributed by atoms with Gasteiger partial charge in [-0.05, 0) is 19.1 Å².